The molecule has 21 heavy (non-hydrogen) atoms. The number of nitrogens with one attached hydrogen (secondary N) is 2. The van der Waals surface area contributed by atoms with Crippen LogP contribution in [0.15, 0.2) is 11.6 Å². The van der Waals surface area contributed by atoms with E-state index in [1.54, 1.807) is 6.92 Å². The van der Waals surface area contributed by atoms with Gasteiger partial charge in [-0.25, -0.2) is 0 Å². The predicted molar refractivity (Wildman–Crippen MR) is 83.4 cm³/mol. The Hall–Kier alpha value is -1.29. The van der Waals surface area contributed by atoms with Gasteiger partial charge in [-0.05, 0) is 43.4 Å². The fraction of sp³-hybridized carbons (Fsp3) is 0.625. The van der Waals surface area contributed by atoms with E-state index in [0.29, 0.717) is 22.9 Å². The van der Waals surface area contributed by atoms with Crippen LogP contribution in [0.25, 0.3) is 0 Å². The van der Waals surface area contributed by atoms with Crippen molar-refractivity contribution in [3.8, 4) is 0 Å². The minimum absolute atomic E-state index is 0.202. The number of hydrogen-bond acceptors (Lipinski definition) is 2. The van der Waals surface area contributed by atoms with Gasteiger partial charge in [0.05, 0.1) is 10.7 Å². The largest absolute Gasteiger partial charge is 0.350 e. The average Bonchev–Trinajstić information content (AvgIpc) is 2.79. The minimum Gasteiger partial charge on any atom is -0.350 e. The first-order chi connectivity index (χ1) is 9.91. The molecule has 1 fully saturated rings. The maximum Gasteiger partial charge on any atom is 0.273 e. The van der Waals surface area contributed by atoms with E-state index in [9.17, 15) is 4.79 Å². The quantitative estimate of drug-likeness (QED) is 0.837. The number of carbonyl (C=O) groups is 1. The molecule has 0 saturated heterocycles. The Labute approximate surface area is 130 Å². The van der Waals surface area contributed by atoms with E-state index >= 15 is 0 Å². The maximum absolute atomic E-state index is 12.0. The van der Waals surface area contributed by atoms with Crippen molar-refractivity contribution in [2.45, 2.75) is 40.0 Å². The molecule has 4 nitrogen and oxygen atoms in total. The summed E-state index contributed by atoms with van der Waals surface area (Å²) < 4.78 is 0. The molecule has 0 aromatic carbocycles. The summed E-state index contributed by atoms with van der Waals surface area (Å²) >= 11 is 6.03. The van der Waals surface area contributed by atoms with Crippen LogP contribution < -0.4 is 5.32 Å². The minimum atomic E-state index is -0.202. The summed E-state index contributed by atoms with van der Waals surface area (Å²) in [5.74, 6) is 1.35. The van der Waals surface area contributed by atoms with Gasteiger partial charge >= 0.3 is 0 Å². The second-order valence-corrected chi connectivity index (χ2v) is 7.22. The van der Waals surface area contributed by atoms with Gasteiger partial charge in [-0.15, -0.1) is 0 Å². The van der Waals surface area contributed by atoms with E-state index in [0.717, 1.165) is 18.0 Å². The highest BCUT2D eigenvalue weighted by molar-refractivity contribution is 6.34. The molecule has 4 rings (SSSR count). The first-order valence-corrected chi connectivity index (χ1v) is 7.96. The first kappa shape index (κ1) is 14.6. The zero-order chi connectivity index (χ0) is 15.2. The molecule has 0 spiro atoms. The summed E-state index contributed by atoms with van der Waals surface area (Å²) in [6, 6.07) is 0. The van der Waals surface area contributed by atoms with Gasteiger partial charge in [0, 0.05) is 6.54 Å². The number of aromatic amines is 1. The van der Waals surface area contributed by atoms with Crippen LogP contribution in [-0.4, -0.2) is 22.6 Å². The van der Waals surface area contributed by atoms with E-state index in [2.05, 4.69) is 35.4 Å². The third kappa shape index (κ3) is 2.39. The lowest BCUT2D eigenvalue weighted by atomic mass is 9.48. The predicted octanol–water partition coefficient (Wildman–Crippen LogP) is 3.48. The molecule has 1 amide bonds. The number of halogens is 1. The van der Waals surface area contributed by atoms with Crippen molar-refractivity contribution in [1.29, 1.82) is 0 Å². The number of nitrogens with zero attached hydrogens (tertiary/aromatic N) is 1. The van der Waals surface area contributed by atoms with Gasteiger partial charge in [-0.2, -0.15) is 5.10 Å². The second-order valence-electron chi connectivity index (χ2n) is 6.84. The molecule has 3 aliphatic rings. The van der Waals surface area contributed by atoms with Crippen LogP contribution in [0.3, 0.4) is 0 Å². The van der Waals surface area contributed by atoms with Crippen molar-refractivity contribution in [2.75, 3.05) is 6.54 Å². The molecule has 2 N–H and O–H groups in total. The molecular formula is C16H22ClN3O. The summed E-state index contributed by atoms with van der Waals surface area (Å²) in [4.78, 5) is 12.0. The highest BCUT2D eigenvalue weighted by atomic mass is 35.5. The average molecular weight is 308 g/mol. The molecule has 114 valence electrons. The van der Waals surface area contributed by atoms with E-state index in [1.165, 1.54) is 18.4 Å². The summed E-state index contributed by atoms with van der Waals surface area (Å²) in [6.07, 6.45) is 5.81. The van der Waals surface area contributed by atoms with E-state index in [4.69, 9.17) is 11.6 Å². The number of aromatic nitrogens is 2. The molecule has 1 aromatic rings. The second kappa shape index (κ2) is 5.16. The molecule has 0 unspecified atom stereocenters. The molecule has 1 aromatic heterocycles. The number of hydrogen-bond donors (Lipinski definition) is 2. The molecule has 2 bridgehead atoms. The highest BCUT2D eigenvalue weighted by Crippen LogP contribution is 2.59. The molecule has 1 heterocycles. The number of amides is 1. The summed E-state index contributed by atoms with van der Waals surface area (Å²) in [6.45, 7) is 7.17. The van der Waals surface area contributed by atoms with E-state index in [-0.39, 0.29) is 11.6 Å². The van der Waals surface area contributed by atoms with E-state index < -0.39 is 0 Å². The van der Waals surface area contributed by atoms with Gasteiger partial charge in [0.2, 0.25) is 0 Å². The Balaban J connectivity index is 1.54. The Morgan fingerprint density at radius 2 is 2.33 bits per heavy atom. The van der Waals surface area contributed by atoms with Crippen molar-refractivity contribution >= 4 is 17.5 Å². The molecule has 2 atom stereocenters. The summed E-state index contributed by atoms with van der Waals surface area (Å²) in [7, 11) is 0. The van der Waals surface area contributed by atoms with Gasteiger partial charge in [-0.1, -0.05) is 37.1 Å². The molecule has 3 aliphatic carbocycles. The normalized spacial score (nSPS) is 26.0. The maximum atomic E-state index is 12.0. The zero-order valence-corrected chi connectivity index (χ0v) is 13.5. The number of aryl methyl sites for hydroxylation is 1. The topological polar surface area (TPSA) is 57.8 Å². The third-order valence-electron chi connectivity index (χ3n) is 5.37. The highest BCUT2D eigenvalue weighted by Gasteiger charge is 2.50. The van der Waals surface area contributed by atoms with Crippen molar-refractivity contribution in [2.24, 2.45) is 17.3 Å². The van der Waals surface area contributed by atoms with Crippen LogP contribution in [0, 0.1) is 24.2 Å². The number of rotatable bonds is 4. The van der Waals surface area contributed by atoms with Crippen LogP contribution >= 0.6 is 11.6 Å². The van der Waals surface area contributed by atoms with Gasteiger partial charge < -0.3 is 5.32 Å². The van der Waals surface area contributed by atoms with Gasteiger partial charge in [-0.3, -0.25) is 9.89 Å². The van der Waals surface area contributed by atoms with Crippen molar-refractivity contribution < 1.29 is 4.79 Å². The fourth-order valence-corrected chi connectivity index (χ4v) is 3.90. The Morgan fingerprint density at radius 1 is 1.57 bits per heavy atom. The number of H-pyrrole nitrogens is 1. The number of allylic oxidation sites excluding steroid dienone is 1. The van der Waals surface area contributed by atoms with Crippen LogP contribution in [0.2, 0.25) is 5.02 Å². The standard InChI is InChI=1S/C16H22ClN3O/c1-9-13(17)14(20-19-9)15(21)18-7-6-10-4-5-11-8-12(10)16(11,2)3/h4,11-12H,5-8H2,1-3H3,(H,18,21)(H,19,20)/t11-,12-/m0/s1. The van der Waals surface area contributed by atoms with Gasteiger partial charge in [0.1, 0.15) is 0 Å². The SMILES string of the molecule is Cc1[nH]nc(C(=O)NCCC2=CC[C@H]3C[C@@H]2C3(C)C)c1Cl. The van der Waals surface area contributed by atoms with Gasteiger partial charge in [0.25, 0.3) is 5.91 Å². The zero-order valence-electron chi connectivity index (χ0n) is 12.8. The summed E-state index contributed by atoms with van der Waals surface area (Å²) in [5.41, 5.74) is 2.96. The van der Waals surface area contributed by atoms with Crippen LogP contribution in [0.5, 0.6) is 0 Å². The van der Waals surface area contributed by atoms with Crippen LogP contribution in [-0.2, 0) is 0 Å². The lowest BCUT2D eigenvalue weighted by Gasteiger charge is -2.56. The Bertz CT molecular complexity index is 603. The van der Waals surface area contributed by atoms with Crippen molar-refractivity contribution in [1.82, 2.24) is 15.5 Å². The summed E-state index contributed by atoms with van der Waals surface area (Å²) in [5, 5.41) is 10.00. The third-order valence-corrected chi connectivity index (χ3v) is 5.83. The molecule has 1 saturated carbocycles. The lowest BCUT2D eigenvalue weighted by molar-refractivity contribution is -0.00811. The first-order valence-electron chi connectivity index (χ1n) is 7.59. The molecule has 0 radical (unpaired) electrons. The Kier molecular flexibility index (Phi) is 3.60. The monoisotopic (exact) mass is 307 g/mol. The molecule has 5 heteroatoms. The fourth-order valence-electron chi connectivity index (χ4n) is 3.73. The van der Waals surface area contributed by atoms with Crippen molar-refractivity contribution in [3.05, 3.63) is 28.1 Å². The lowest BCUT2D eigenvalue weighted by Crippen LogP contribution is -2.48. The van der Waals surface area contributed by atoms with Gasteiger partial charge in [0.15, 0.2) is 5.69 Å². The number of fused-ring (bicyclic) bond motifs is 1. The molecular weight excluding hydrogens is 286 g/mol. The number of carbonyl (C=O) groups excluding carboxylic acids is 1. The van der Waals surface area contributed by atoms with Crippen LogP contribution in [0.4, 0.5) is 0 Å². The van der Waals surface area contributed by atoms with E-state index in [1.807, 2.05) is 0 Å². The van der Waals surface area contributed by atoms with Crippen molar-refractivity contribution in [3.63, 3.8) is 0 Å². The molecule has 0 aliphatic heterocycles. The Morgan fingerprint density at radius 3 is 2.90 bits per heavy atom. The smallest absolute Gasteiger partial charge is 0.273 e. The van der Waals surface area contributed by atoms with Crippen LogP contribution in [0.1, 0.15) is 49.3 Å².